The van der Waals surface area contributed by atoms with Gasteiger partial charge in [-0.2, -0.15) is 57.1 Å². The third-order valence-electron chi connectivity index (χ3n) is 4.51. The number of thiophene rings is 3. The Bertz CT molecular complexity index is 1200. The minimum atomic E-state index is -7.91. The van der Waals surface area contributed by atoms with E-state index >= 15 is 0 Å². The zero-order chi connectivity index (χ0) is 26.8. The van der Waals surface area contributed by atoms with Crippen LogP contribution in [0.3, 0.4) is 0 Å². The van der Waals surface area contributed by atoms with Crippen LogP contribution < -0.4 is 0 Å². The van der Waals surface area contributed by atoms with E-state index in [2.05, 4.69) is 15.9 Å². The molecule has 17 heteroatoms. The number of rotatable bonds is 7. The lowest BCUT2D eigenvalue weighted by molar-refractivity contribution is -0.441. The fourth-order valence-corrected chi connectivity index (χ4v) is 6.20. The molecule has 0 amide bonds. The first-order chi connectivity index (χ1) is 15.7. The normalized spacial score (nSPS) is 14.6. The lowest BCUT2D eigenvalue weighted by atomic mass is 9.93. The van der Waals surface area contributed by atoms with Crippen LogP contribution in [0.1, 0.15) is 4.88 Å². The molecule has 0 N–H and O–H groups in total. The van der Waals surface area contributed by atoms with Crippen molar-refractivity contribution in [1.82, 2.24) is 0 Å². The van der Waals surface area contributed by atoms with Crippen LogP contribution in [0.15, 0.2) is 40.2 Å². The van der Waals surface area contributed by atoms with Crippen molar-refractivity contribution in [1.29, 1.82) is 0 Å². The van der Waals surface area contributed by atoms with Crippen LogP contribution in [0.4, 0.5) is 57.1 Å². The van der Waals surface area contributed by atoms with Gasteiger partial charge in [0.15, 0.2) is 0 Å². The molecular formula is C18H6BrF13S3. The van der Waals surface area contributed by atoms with Gasteiger partial charge in [-0.25, -0.2) is 0 Å². The highest BCUT2D eigenvalue weighted by Gasteiger charge is 2.91. The molecule has 3 rings (SSSR count). The van der Waals surface area contributed by atoms with E-state index in [1.54, 1.807) is 12.1 Å². The van der Waals surface area contributed by atoms with Crippen molar-refractivity contribution < 1.29 is 57.1 Å². The Kier molecular flexibility index (Phi) is 6.95. The lowest BCUT2D eigenvalue weighted by Crippen LogP contribution is -2.69. The number of hydrogen-bond acceptors (Lipinski definition) is 3. The van der Waals surface area contributed by atoms with E-state index in [4.69, 9.17) is 0 Å². The monoisotopic (exact) mass is 644 g/mol. The molecule has 35 heavy (non-hydrogen) atoms. The molecule has 0 nitrogen and oxygen atoms in total. The maximum absolute atomic E-state index is 14.4. The Morgan fingerprint density at radius 1 is 0.457 bits per heavy atom. The second-order valence-electron chi connectivity index (χ2n) is 6.80. The topological polar surface area (TPSA) is 0 Å². The molecule has 0 aliphatic rings. The SMILES string of the molecule is FC(F)(F)C(F)(F)C(F)(F)C(F)(F)C(F)(F)C(F)(F)c1ccc(-c2ccc(-c3ccc(Br)s3)s2)s1. The maximum Gasteiger partial charge on any atom is 0.460 e. The molecule has 0 atom stereocenters. The molecule has 0 aliphatic carbocycles. The van der Waals surface area contributed by atoms with Gasteiger partial charge in [-0.15, -0.1) is 34.0 Å². The van der Waals surface area contributed by atoms with Gasteiger partial charge < -0.3 is 0 Å². The summed E-state index contributed by atoms with van der Waals surface area (Å²) in [5.74, 6) is -37.1. The van der Waals surface area contributed by atoms with Crippen molar-refractivity contribution in [3.8, 4) is 19.5 Å². The highest BCUT2D eigenvalue weighted by molar-refractivity contribution is 9.11. The van der Waals surface area contributed by atoms with E-state index in [0.717, 1.165) is 21.2 Å². The average molecular weight is 645 g/mol. The molecule has 3 aromatic rings. The van der Waals surface area contributed by atoms with Crippen LogP contribution in [0.5, 0.6) is 0 Å². The molecule has 0 fully saturated rings. The molecule has 0 spiro atoms. The van der Waals surface area contributed by atoms with Crippen molar-refractivity contribution in [2.75, 3.05) is 0 Å². The van der Waals surface area contributed by atoms with Crippen LogP contribution in [0, 0.1) is 0 Å². The first kappa shape index (κ1) is 28.2. The summed E-state index contributed by atoms with van der Waals surface area (Å²) in [5.41, 5.74) is 0. The molecule has 3 aromatic heterocycles. The Morgan fingerprint density at radius 2 is 0.857 bits per heavy atom. The molecule has 0 aromatic carbocycles. The highest BCUT2D eigenvalue weighted by Crippen LogP contribution is 2.62. The molecule has 0 bridgehead atoms. The van der Waals surface area contributed by atoms with Gasteiger partial charge in [0, 0.05) is 19.5 Å². The van der Waals surface area contributed by atoms with Gasteiger partial charge in [-0.05, 0) is 52.3 Å². The molecule has 0 saturated carbocycles. The molecule has 3 heterocycles. The smallest absolute Gasteiger partial charge is 0.193 e. The number of hydrogen-bond donors (Lipinski definition) is 0. The van der Waals surface area contributed by atoms with Gasteiger partial charge in [0.1, 0.15) is 0 Å². The van der Waals surface area contributed by atoms with E-state index in [0.29, 0.717) is 9.75 Å². The van der Waals surface area contributed by atoms with E-state index in [-0.39, 0.29) is 27.2 Å². The summed E-state index contributed by atoms with van der Waals surface area (Å²) in [6.45, 7) is 0. The number of alkyl halides is 13. The second kappa shape index (κ2) is 8.62. The van der Waals surface area contributed by atoms with Crippen LogP contribution >= 0.6 is 49.9 Å². The number of halogens is 14. The summed E-state index contributed by atoms with van der Waals surface area (Å²) in [6, 6.07) is 7.22. The van der Waals surface area contributed by atoms with E-state index in [1.165, 1.54) is 23.5 Å². The second-order valence-corrected chi connectivity index (χ2v) is 11.4. The maximum atomic E-state index is 14.4. The zero-order valence-electron chi connectivity index (χ0n) is 16.0. The Balaban J connectivity index is 1.98. The third kappa shape index (κ3) is 4.29. The quantitative estimate of drug-likeness (QED) is 0.225. The molecule has 0 aliphatic heterocycles. The van der Waals surface area contributed by atoms with Gasteiger partial charge in [0.25, 0.3) is 0 Å². The van der Waals surface area contributed by atoms with Crippen molar-refractivity contribution in [2.24, 2.45) is 0 Å². The van der Waals surface area contributed by atoms with Crippen molar-refractivity contribution in [3.05, 3.63) is 45.1 Å². The summed E-state index contributed by atoms with van der Waals surface area (Å²) < 4.78 is 174. The van der Waals surface area contributed by atoms with Crippen LogP contribution in [-0.4, -0.2) is 29.9 Å². The minimum Gasteiger partial charge on any atom is -0.193 e. The molecule has 0 saturated heterocycles. The first-order valence-corrected chi connectivity index (χ1v) is 11.8. The molecule has 0 unspecified atom stereocenters. The predicted octanol–water partition coefficient (Wildman–Crippen LogP) is 10.2. The molecule has 0 radical (unpaired) electrons. The van der Waals surface area contributed by atoms with Gasteiger partial charge in [-0.3, -0.25) is 0 Å². The van der Waals surface area contributed by atoms with Gasteiger partial charge in [0.2, 0.25) is 0 Å². The van der Waals surface area contributed by atoms with Gasteiger partial charge in [0.05, 0.1) is 8.66 Å². The van der Waals surface area contributed by atoms with Crippen LogP contribution in [-0.2, 0) is 5.92 Å². The van der Waals surface area contributed by atoms with Crippen molar-refractivity contribution >= 4 is 49.9 Å². The fourth-order valence-electron chi connectivity index (χ4n) is 2.61. The minimum absolute atomic E-state index is 0.172. The highest BCUT2D eigenvalue weighted by atomic mass is 79.9. The molecule has 194 valence electrons. The zero-order valence-corrected chi connectivity index (χ0v) is 20.0. The Hall–Kier alpha value is -1.33. The molecular weight excluding hydrogens is 639 g/mol. The van der Waals surface area contributed by atoms with Crippen molar-refractivity contribution in [2.45, 2.75) is 35.8 Å². The largest absolute Gasteiger partial charge is 0.460 e. The van der Waals surface area contributed by atoms with E-state index in [1.807, 2.05) is 0 Å². The first-order valence-electron chi connectivity index (χ1n) is 8.60. The predicted molar refractivity (Wildman–Crippen MR) is 108 cm³/mol. The summed E-state index contributed by atoms with van der Waals surface area (Å²) in [6.07, 6.45) is -7.43. The lowest BCUT2D eigenvalue weighted by Gasteiger charge is -2.39. The Labute approximate surface area is 207 Å². The van der Waals surface area contributed by atoms with Gasteiger partial charge in [-0.1, -0.05) is 0 Å². The van der Waals surface area contributed by atoms with E-state index < -0.39 is 40.7 Å². The van der Waals surface area contributed by atoms with Crippen LogP contribution in [0.25, 0.3) is 19.5 Å². The van der Waals surface area contributed by atoms with Crippen LogP contribution in [0.2, 0.25) is 0 Å². The Morgan fingerprint density at radius 3 is 1.31 bits per heavy atom. The summed E-state index contributed by atoms with van der Waals surface area (Å²) in [5, 5.41) is 0. The standard InChI is InChI=1S/C18H6BrF13S3/c19-12-6-4-10(35-12)8-2-1-7(33-8)9-3-5-11(34-9)13(20,21)14(22,23)15(24,25)16(26,27)17(28,29)18(30,31)32/h1-6H. The summed E-state index contributed by atoms with van der Waals surface area (Å²) in [4.78, 5) is -0.645. The fraction of sp³-hybridized carbons (Fsp3) is 0.333. The summed E-state index contributed by atoms with van der Waals surface area (Å²) in [7, 11) is 0. The van der Waals surface area contributed by atoms with Crippen molar-refractivity contribution in [3.63, 3.8) is 0 Å². The van der Waals surface area contributed by atoms with Gasteiger partial charge >= 0.3 is 35.8 Å². The van der Waals surface area contributed by atoms with E-state index in [9.17, 15) is 57.1 Å². The summed E-state index contributed by atoms with van der Waals surface area (Å²) >= 11 is 5.25. The average Bonchev–Trinajstić information content (AvgIpc) is 3.46. The third-order valence-corrected chi connectivity index (χ3v) is 8.77.